The fraction of sp³-hybridized carbons (Fsp3) is 0.472. The molecule has 3 amide bonds. The highest BCUT2D eigenvalue weighted by molar-refractivity contribution is 6.30. The summed E-state index contributed by atoms with van der Waals surface area (Å²) < 4.78 is 1.77. The van der Waals surface area contributed by atoms with Crippen molar-refractivity contribution in [2.45, 2.75) is 74.9 Å². The molecule has 3 aliphatic rings. The molecule has 52 heavy (non-hydrogen) atoms. The lowest BCUT2D eigenvalue weighted by Gasteiger charge is -2.22. The number of anilines is 2. The first-order chi connectivity index (χ1) is 25.2. The summed E-state index contributed by atoms with van der Waals surface area (Å²) in [4.78, 5) is 41.7. The highest BCUT2D eigenvalue weighted by atomic mass is 35.5. The smallest absolute Gasteiger partial charge is 0.315 e. The van der Waals surface area contributed by atoms with Crippen LogP contribution in [-0.2, 0) is 4.79 Å². The summed E-state index contributed by atoms with van der Waals surface area (Å²) >= 11 is 12.5. The first-order valence-electron chi connectivity index (χ1n) is 17.8. The molecule has 1 aliphatic carbocycles. The number of aliphatic hydroxyl groups excluding tert-OH is 2. The zero-order valence-corrected chi connectivity index (χ0v) is 30.3. The lowest BCUT2D eigenvalue weighted by molar-refractivity contribution is -0.122. The van der Waals surface area contributed by atoms with Crippen molar-refractivity contribution in [2.24, 2.45) is 0 Å². The van der Waals surface area contributed by atoms with Gasteiger partial charge in [0.2, 0.25) is 11.9 Å². The van der Waals surface area contributed by atoms with Crippen molar-refractivity contribution in [1.29, 1.82) is 0 Å². The van der Waals surface area contributed by atoms with Gasteiger partial charge < -0.3 is 46.3 Å². The van der Waals surface area contributed by atoms with Crippen LogP contribution < -0.4 is 31.5 Å². The molecular formula is C36H44Cl2N10O4. The average Bonchev–Trinajstić information content (AvgIpc) is 3.96. The van der Waals surface area contributed by atoms with Gasteiger partial charge in [-0.3, -0.25) is 4.79 Å². The van der Waals surface area contributed by atoms with E-state index >= 15 is 0 Å². The first-order valence-corrected chi connectivity index (χ1v) is 18.6. The van der Waals surface area contributed by atoms with Crippen molar-refractivity contribution in [3.8, 4) is 0 Å². The number of urea groups is 1. The lowest BCUT2D eigenvalue weighted by Crippen LogP contribution is -2.47. The highest BCUT2D eigenvalue weighted by Gasteiger charge is 2.44. The molecule has 6 atom stereocenters. The Balaban J connectivity index is 1.19. The number of halogens is 2. The largest absolute Gasteiger partial charge is 0.388 e. The number of aliphatic hydroxyl groups is 2. The fourth-order valence-corrected chi connectivity index (χ4v) is 7.67. The van der Waals surface area contributed by atoms with Crippen LogP contribution in [0.4, 0.5) is 16.6 Å². The van der Waals surface area contributed by atoms with Crippen LogP contribution in [0.25, 0.3) is 11.2 Å². The van der Waals surface area contributed by atoms with Crippen LogP contribution in [0.2, 0.25) is 10.0 Å². The summed E-state index contributed by atoms with van der Waals surface area (Å²) in [7, 11) is 0. The van der Waals surface area contributed by atoms with Gasteiger partial charge in [-0.1, -0.05) is 54.4 Å². The van der Waals surface area contributed by atoms with Crippen LogP contribution in [0.5, 0.6) is 0 Å². The SMILES string of the molecule is CCC(=O)N[C@H]1C[C@@H](n2cnc3c(NCC(c4ccc(Cl)cc4)c4ccc(Cl)cc4)nc(N4CC[C@@H](NC(=O)N[C@@H]5CCNC5)C4)nc32)[C@H](O)[C@@H]1O. The third kappa shape index (κ3) is 7.91. The van der Waals surface area contributed by atoms with Crippen molar-refractivity contribution in [1.82, 2.24) is 40.8 Å². The minimum atomic E-state index is -1.16. The number of nitrogens with one attached hydrogen (secondary N) is 5. The zero-order chi connectivity index (χ0) is 36.4. The van der Waals surface area contributed by atoms with Gasteiger partial charge in [-0.05, 0) is 61.2 Å². The molecule has 276 valence electrons. The standard InChI is InChI=1S/C36H44Cl2N10O4/c1-2-29(49)44-27-15-28(32(51)31(27)50)48-19-41-30-33(40-17-26(20-3-7-22(37)8-4-20)21-5-9-23(38)10-6-21)45-35(46-34(30)48)47-14-12-25(18-47)43-36(52)42-24-11-13-39-16-24/h3-10,19,24-28,31-32,39,50-51H,2,11-18H2,1H3,(H,44,49)(H,40,45,46)(H2,42,43,52)/t24-,25-,27+,28-,31-,32+/m1/s1. The van der Waals surface area contributed by atoms with E-state index in [9.17, 15) is 19.8 Å². The average molecular weight is 752 g/mol. The van der Waals surface area contributed by atoms with Crippen LogP contribution in [0, 0.1) is 0 Å². The minimum Gasteiger partial charge on any atom is -0.388 e. The van der Waals surface area contributed by atoms with Crippen molar-refractivity contribution in [3.05, 3.63) is 76.0 Å². The molecule has 0 spiro atoms. The summed E-state index contributed by atoms with van der Waals surface area (Å²) in [6, 6.07) is 14.0. The second kappa shape index (κ2) is 15.8. The molecule has 2 aliphatic heterocycles. The van der Waals surface area contributed by atoms with Crippen molar-refractivity contribution in [2.75, 3.05) is 42.9 Å². The van der Waals surface area contributed by atoms with Gasteiger partial charge in [-0.2, -0.15) is 9.97 Å². The molecule has 7 N–H and O–H groups in total. The third-order valence-electron chi connectivity index (χ3n) is 10.3. The summed E-state index contributed by atoms with van der Waals surface area (Å²) in [5, 5.41) is 39.2. The number of hydrogen-bond donors (Lipinski definition) is 7. The molecule has 0 unspecified atom stereocenters. The summed E-state index contributed by atoms with van der Waals surface area (Å²) in [5.41, 5.74) is 3.05. The lowest BCUT2D eigenvalue weighted by atomic mass is 9.91. The topological polar surface area (TPSA) is 182 Å². The van der Waals surface area contributed by atoms with E-state index in [0.29, 0.717) is 59.0 Å². The second-order valence-corrected chi connectivity index (χ2v) is 14.7. The third-order valence-corrected chi connectivity index (χ3v) is 10.8. The molecule has 4 heterocycles. The van der Waals surface area contributed by atoms with Gasteiger partial charge in [-0.15, -0.1) is 0 Å². The number of benzene rings is 2. The number of fused-ring (bicyclic) bond motifs is 1. The molecule has 16 heteroatoms. The van der Waals surface area contributed by atoms with Crippen molar-refractivity contribution < 1.29 is 19.8 Å². The van der Waals surface area contributed by atoms with E-state index in [0.717, 1.165) is 30.6 Å². The van der Waals surface area contributed by atoms with Crippen LogP contribution >= 0.6 is 23.2 Å². The van der Waals surface area contributed by atoms with Gasteiger partial charge in [0.05, 0.1) is 18.4 Å². The van der Waals surface area contributed by atoms with E-state index in [1.807, 2.05) is 53.4 Å². The van der Waals surface area contributed by atoms with Gasteiger partial charge in [0.15, 0.2) is 17.0 Å². The van der Waals surface area contributed by atoms with E-state index in [4.69, 9.17) is 38.2 Å². The molecule has 3 fully saturated rings. The monoisotopic (exact) mass is 750 g/mol. The molecule has 14 nitrogen and oxygen atoms in total. The van der Waals surface area contributed by atoms with Crippen LogP contribution in [0.1, 0.15) is 55.7 Å². The Morgan fingerprint density at radius 2 is 1.63 bits per heavy atom. The van der Waals surface area contributed by atoms with Crippen LogP contribution in [0.3, 0.4) is 0 Å². The Kier molecular flexibility index (Phi) is 11.0. The number of carbonyl (C=O) groups excluding carboxylic acids is 2. The van der Waals surface area contributed by atoms with Gasteiger partial charge in [0.1, 0.15) is 12.2 Å². The Morgan fingerprint density at radius 1 is 0.942 bits per heavy atom. The predicted octanol–water partition coefficient (Wildman–Crippen LogP) is 3.18. The van der Waals surface area contributed by atoms with Gasteiger partial charge in [0, 0.05) is 60.6 Å². The number of rotatable bonds is 11. The highest BCUT2D eigenvalue weighted by Crippen LogP contribution is 2.36. The van der Waals surface area contributed by atoms with E-state index < -0.39 is 24.3 Å². The van der Waals surface area contributed by atoms with E-state index in [1.165, 1.54) is 0 Å². The Labute approximate surface area is 311 Å². The van der Waals surface area contributed by atoms with Gasteiger partial charge in [0.25, 0.3) is 0 Å². The molecular weight excluding hydrogens is 707 g/mol. The van der Waals surface area contributed by atoms with Gasteiger partial charge in [-0.25, -0.2) is 9.78 Å². The molecule has 2 saturated heterocycles. The summed E-state index contributed by atoms with van der Waals surface area (Å²) in [5.74, 6) is 0.636. The molecule has 4 aromatic rings. The first kappa shape index (κ1) is 36.2. The van der Waals surface area contributed by atoms with Crippen molar-refractivity contribution in [3.63, 3.8) is 0 Å². The molecule has 2 aromatic heterocycles. The summed E-state index contributed by atoms with van der Waals surface area (Å²) in [6.07, 6.45) is 1.44. The van der Waals surface area contributed by atoms with Crippen LogP contribution in [-0.4, -0.2) is 105 Å². The number of amides is 3. The van der Waals surface area contributed by atoms with E-state index in [-0.39, 0.29) is 42.8 Å². The number of nitrogens with zero attached hydrogens (tertiary/aromatic N) is 5. The minimum absolute atomic E-state index is 0.103. The molecule has 1 saturated carbocycles. The molecule has 0 radical (unpaired) electrons. The number of hydrogen-bond acceptors (Lipinski definition) is 10. The number of aromatic nitrogens is 4. The predicted molar refractivity (Wildman–Crippen MR) is 200 cm³/mol. The maximum Gasteiger partial charge on any atom is 0.315 e. The zero-order valence-electron chi connectivity index (χ0n) is 28.8. The normalized spacial score (nSPS) is 24.5. The Hall–Kier alpha value is -4.21. The van der Waals surface area contributed by atoms with E-state index in [1.54, 1.807) is 17.8 Å². The summed E-state index contributed by atoms with van der Waals surface area (Å²) in [6.45, 7) is 4.95. The molecule has 0 bridgehead atoms. The Bertz CT molecular complexity index is 1830. The molecule has 2 aromatic carbocycles. The number of imidazole rings is 1. The Morgan fingerprint density at radius 3 is 2.29 bits per heavy atom. The second-order valence-electron chi connectivity index (χ2n) is 13.8. The maximum atomic E-state index is 12.8. The molecule has 7 rings (SSSR count). The maximum absolute atomic E-state index is 12.8. The van der Waals surface area contributed by atoms with Crippen molar-refractivity contribution >= 4 is 58.1 Å². The van der Waals surface area contributed by atoms with Gasteiger partial charge >= 0.3 is 6.03 Å². The number of carbonyl (C=O) groups is 2. The van der Waals surface area contributed by atoms with E-state index in [2.05, 4.69) is 26.6 Å². The fourth-order valence-electron chi connectivity index (χ4n) is 7.42. The van der Waals surface area contributed by atoms with Crippen LogP contribution in [0.15, 0.2) is 54.9 Å². The quantitative estimate of drug-likeness (QED) is 0.120.